The van der Waals surface area contributed by atoms with E-state index in [9.17, 15) is 4.79 Å². The number of hydrogen-bond acceptors (Lipinski definition) is 5. The number of hydrogen-bond donors (Lipinski definition) is 1. The van der Waals surface area contributed by atoms with Crippen LogP contribution in [0.25, 0.3) is 11.4 Å². The summed E-state index contributed by atoms with van der Waals surface area (Å²) in [7, 11) is 0. The summed E-state index contributed by atoms with van der Waals surface area (Å²) in [6.07, 6.45) is 3.38. The van der Waals surface area contributed by atoms with Gasteiger partial charge in [0.1, 0.15) is 0 Å². The highest BCUT2D eigenvalue weighted by atomic mass is 35.5. The molecule has 0 atom stereocenters. The zero-order valence-electron chi connectivity index (χ0n) is 14.4. The second kappa shape index (κ2) is 9.33. The number of carbonyl (C=O) groups is 1. The van der Waals surface area contributed by atoms with Gasteiger partial charge in [0.25, 0.3) is 0 Å². The van der Waals surface area contributed by atoms with Crippen LogP contribution < -0.4 is 5.32 Å². The summed E-state index contributed by atoms with van der Waals surface area (Å²) in [6, 6.07) is 5.12. The van der Waals surface area contributed by atoms with Crippen molar-refractivity contribution in [1.29, 1.82) is 0 Å². The Labute approximate surface area is 185 Å². The molecule has 2 aromatic heterocycles. The van der Waals surface area contributed by atoms with Crippen LogP contribution in [-0.4, -0.2) is 31.4 Å². The molecule has 0 saturated heterocycles. The van der Waals surface area contributed by atoms with Crippen LogP contribution in [0.4, 0.5) is 5.69 Å². The van der Waals surface area contributed by atoms with E-state index in [0.29, 0.717) is 17.5 Å². The van der Waals surface area contributed by atoms with E-state index in [1.54, 1.807) is 12.4 Å². The first kappa shape index (κ1) is 21.2. The van der Waals surface area contributed by atoms with Gasteiger partial charge < -0.3 is 9.88 Å². The van der Waals surface area contributed by atoms with Gasteiger partial charge in [-0.15, -0.1) is 10.2 Å². The summed E-state index contributed by atoms with van der Waals surface area (Å²) in [6.45, 7) is 2.63. The Kier molecular flexibility index (Phi) is 7.06. The minimum atomic E-state index is -0.330. The van der Waals surface area contributed by atoms with Gasteiger partial charge in [-0.3, -0.25) is 9.78 Å². The third-order valence-electron chi connectivity index (χ3n) is 3.68. The number of thioether (sulfide) groups is 1. The molecule has 146 valence electrons. The van der Waals surface area contributed by atoms with Crippen molar-refractivity contribution in [3.8, 4) is 11.4 Å². The molecule has 0 aliphatic carbocycles. The molecule has 1 N–H and O–H groups in total. The zero-order valence-corrected chi connectivity index (χ0v) is 18.3. The van der Waals surface area contributed by atoms with Gasteiger partial charge in [0, 0.05) is 24.5 Å². The van der Waals surface area contributed by atoms with Crippen LogP contribution >= 0.6 is 58.2 Å². The van der Waals surface area contributed by atoms with Crippen molar-refractivity contribution in [3.05, 3.63) is 50.7 Å². The Hall–Kier alpha value is -1.51. The first-order valence-electron chi connectivity index (χ1n) is 8.01. The molecule has 0 saturated carbocycles. The predicted molar refractivity (Wildman–Crippen MR) is 115 cm³/mol. The van der Waals surface area contributed by atoms with E-state index >= 15 is 0 Å². The summed E-state index contributed by atoms with van der Waals surface area (Å²) in [5.74, 6) is 0.453. The molecule has 1 aromatic carbocycles. The van der Waals surface area contributed by atoms with Crippen molar-refractivity contribution < 1.29 is 4.79 Å². The lowest BCUT2D eigenvalue weighted by Crippen LogP contribution is -2.15. The fourth-order valence-electron chi connectivity index (χ4n) is 2.38. The lowest BCUT2D eigenvalue weighted by Gasteiger charge is -2.12. The Morgan fingerprint density at radius 3 is 2.36 bits per heavy atom. The van der Waals surface area contributed by atoms with E-state index in [1.807, 2.05) is 23.6 Å². The first-order chi connectivity index (χ1) is 13.4. The monoisotopic (exact) mass is 475 g/mol. The molecule has 0 radical (unpaired) electrons. The van der Waals surface area contributed by atoms with Gasteiger partial charge in [0.15, 0.2) is 11.0 Å². The standard InChI is InChI=1S/C17H13Cl4N5OS/c1-2-26-16(9-3-5-22-6-4-9)24-25-17(26)28-8-12(27)23-15-13(20)10(18)7-11(19)14(15)21/h3-7H,2,8H2,1H3,(H,23,27). The molecule has 6 nitrogen and oxygen atoms in total. The predicted octanol–water partition coefficient (Wildman–Crippen LogP) is 5.70. The molecule has 3 aromatic rings. The minimum Gasteiger partial charge on any atom is -0.323 e. The fraction of sp³-hybridized carbons (Fsp3) is 0.176. The maximum Gasteiger partial charge on any atom is 0.234 e. The molecule has 0 bridgehead atoms. The van der Waals surface area contributed by atoms with Gasteiger partial charge in [-0.25, -0.2) is 0 Å². The largest absolute Gasteiger partial charge is 0.323 e. The lowest BCUT2D eigenvalue weighted by atomic mass is 10.2. The summed E-state index contributed by atoms with van der Waals surface area (Å²) in [5.41, 5.74) is 1.08. The van der Waals surface area contributed by atoms with Gasteiger partial charge in [-0.05, 0) is 25.1 Å². The third-order valence-corrected chi connectivity index (χ3v) is 6.22. The lowest BCUT2D eigenvalue weighted by molar-refractivity contribution is -0.113. The minimum absolute atomic E-state index is 0.0747. The van der Waals surface area contributed by atoms with Gasteiger partial charge in [-0.1, -0.05) is 58.2 Å². The highest BCUT2D eigenvalue weighted by molar-refractivity contribution is 7.99. The molecular formula is C17H13Cl4N5OS. The molecular weight excluding hydrogens is 464 g/mol. The van der Waals surface area contributed by atoms with E-state index in [4.69, 9.17) is 46.4 Å². The molecule has 2 heterocycles. The number of aromatic nitrogens is 4. The topological polar surface area (TPSA) is 72.7 Å². The van der Waals surface area contributed by atoms with E-state index in [2.05, 4.69) is 20.5 Å². The second-order valence-electron chi connectivity index (χ2n) is 5.47. The quantitative estimate of drug-likeness (QED) is 0.364. The van der Waals surface area contributed by atoms with Crippen molar-refractivity contribution in [2.45, 2.75) is 18.6 Å². The average Bonchev–Trinajstić information content (AvgIpc) is 3.11. The third kappa shape index (κ3) is 4.55. The number of nitrogens with zero attached hydrogens (tertiary/aromatic N) is 4. The molecule has 11 heteroatoms. The van der Waals surface area contributed by atoms with Crippen LogP contribution in [0.15, 0.2) is 35.7 Å². The number of nitrogens with one attached hydrogen (secondary N) is 1. The van der Waals surface area contributed by atoms with E-state index < -0.39 is 0 Å². The molecule has 0 aliphatic rings. The fourth-order valence-corrected chi connectivity index (χ4v) is 4.09. The van der Waals surface area contributed by atoms with Gasteiger partial charge in [0.2, 0.25) is 5.91 Å². The summed E-state index contributed by atoms with van der Waals surface area (Å²) < 4.78 is 1.92. The van der Waals surface area contributed by atoms with Crippen molar-refractivity contribution >= 4 is 69.8 Å². The molecule has 0 unspecified atom stereocenters. The Morgan fingerprint density at radius 2 is 1.75 bits per heavy atom. The van der Waals surface area contributed by atoms with Crippen LogP contribution in [0, 0.1) is 0 Å². The molecule has 0 spiro atoms. The van der Waals surface area contributed by atoms with Crippen molar-refractivity contribution in [1.82, 2.24) is 19.7 Å². The number of pyridine rings is 1. The number of carbonyl (C=O) groups excluding carboxylic acids is 1. The summed E-state index contributed by atoms with van der Waals surface area (Å²) in [4.78, 5) is 16.4. The summed E-state index contributed by atoms with van der Waals surface area (Å²) in [5, 5.41) is 12.3. The molecule has 0 aliphatic heterocycles. The number of rotatable bonds is 6. The van der Waals surface area contributed by atoms with E-state index in [0.717, 1.165) is 5.56 Å². The van der Waals surface area contributed by atoms with Crippen molar-refractivity contribution in [3.63, 3.8) is 0 Å². The van der Waals surface area contributed by atoms with E-state index in [1.165, 1.54) is 17.8 Å². The smallest absolute Gasteiger partial charge is 0.234 e. The number of anilines is 1. The van der Waals surface area contributed by atoms with Gasteiger partial charge in [-0.2, -0.15) is 0 Å². The zero-order chi connectivity index (χ0) is 20.3. The van der Waals surface area contributed by atoms with Crippen LogP contribution in [0.5, 0.6) is 0 Å². The normalized spacial score (nSPS) is 10.9. The van der Waals surface area contributed by atoms with Gasteiger partial charge >= 0.3 is 0 Å². The van der Waals surface area contributed by atoms with E-state index in [-0.39, 0.29) is 37.4 Å². The molecule has 0 fully saturated rings. The first-order valence-corrected chi connectivity index (χ1v) is 10.5. The SMILES string of the molecule is CCn1c(SCC(=O)Nc2c(Cl)c(Cl)cc(Cl)c2Cl)nnc1-c1ccncc1. The second-order valence-corrected chi connectivity index (χ2v) is 7.98. The van der Waals surface area contributed by atoms with Crippen molar-refractivity contribution in [2.24, 2.45) is 0 Å². The Balaban J connectivity index is 1.73. The van der Waals surface area contributed by atoms with Crippen LogP contribution in [0.3, 0.4) is 0 Å². The Bertz CT molecular complexity index is 986. The molecule has 28 heavy (non-hydrogen) atoms. The molecule has 1 amide bonds. The maximum absolute atomic E-state index is 12.4. The highest BCUT2D eigenvalue weighted by Gasteiger charge is 2.18. The number of halogens is 4. The van der Waals surface area contributed by atoms with Crippen LogP contribution in [0.2, 0.25) is 20.1 Å². The van der Waals surface area contributed by atoms with Crippen LogP contribution in [-0.2, 0) is 11.3 Å². The highest BCUT2D eigenvalue weighted by Crippen LogP contribution is 2.41. The number of amides is 1. The summed E-state index contributed by atoms with van der Waals surface area (Å²) >= 11 is 25.5. The average molecular weight is 477 g/mol. The Morgan fingerprint density at radius 1 is 1.11 bits per heavy atom. The van der Waals surface area contributed by atoms with Gasteiger partial charge in [0.05, 0.1) is 31.5 Å². The van der Waals surface area contributed by atoms with Crippen LogP contribution in [0.1, 0.15) is 6.92 Å². The molecule has 3 rings (SSSR count). The number of benzene rings is 1. The maximum atomic E-state index is 12.4. The van der Waals surface area contributed by atoms with Crippen molar-refractivity contribution in [2.75, 3.05) is 11.1 Å².